The molecule has 4 rings (SSSR count). The van der Waals surface area contributed by atoms with Crippen LogP contribution in [0.2, 0.25) is 0 Å². The molecule has 3 atom stereocenters. The maximum Gasteiger partial charge on any atom is 0.170 e. The molecule has 0 unspecified atom stereocenters. The van der Waals surface area contributed by atoms with Gasteiger partial charge in [-0.2, -0.15) is 0 Å². The van der Waals surface area contributed by atoms with Crippen LogP contribution in [0, 0.1) is 20.8 Å². The van der Waals surface area contributed by atoms with E-state index in [1.807, 2.05) is 32.9 Å². The Hall–Kier alpha value is -2.05. The van der Waals surface area contributed by atoms with Crippen molar-refractivity contribution in [3.8, 4) is 5.75 Å². The fraction of sp³-hybridized carbons (Fsp3) is 0.476. The lowest BCUT2D eigenvalue weighted by atomic mass is 10.1. The van der Waals surface area contributed by atoms with E-state index in [1.165, 1.54) is 0 Å². The van der Waals surface area contributed by atoms with Crippen molar-refractivity contribution in [1.82, 2.24) is 19.9 Å². The minimum Gasteiger partial charge on any atom is -0.489 e. The summed E-state index contributed by atoms with van der Waals surface area (Å²) in [5.74, 6) is 0.921. The first-order chi connectivity index (χ1) is 12.9. The predicted molar refractivity (Wildman–Crippen MR) is 109 cm³/mol. The second-order valence-electron chi connectivity index (χ2n) is 7.57. The van der Waals surface area contributed by atoms with Crippen molar-refractivity contribution in [2.45, 2.75) is 59.2 Å². The molecule has 4 heterocycles. The first-order valence-corrected chi connectivity index (χ1v) is 10.3. The Bertz CT molecular complexity index is 950. The molecule has 1 aliphatic rings. The average Bonchev–Trinajstić information content (AvgIpc) is 3.13. The molecule has 0 spiro atoms. The third-order valence-electron chi connectivity index (χ3n) is 5.25. The van der Waals surface area contributed by atoms with E-state index in [2.05, 4.69) is 40.8 Å². The molecular formula is C21H26N4OS. The van der Waals surface area contributed by atoms with Gasteiger partial charge in [0.15, 0.2) is 5.65 Å². The van der Waals surface area contributed by atoms with Gasteiger partial charge in [-0.15, -0.1) is 11.3 Å². The number of likely N-dealkylation sites (tertiary alicyclic amines) is 1. The van der Waals surface area contributed by atoms with E-state index in [1.54, 1.807) is 11.3 Å². The highest BCUT2D eigenvalue weighted by Gasteiger charge is 2.34. The largest absolute Gasteiger partial charge is 0.489 e. The number of rotatable bonds is 4. The molecule has 1 saturated heterocycles. The average molecular weight is 383 g/mol. The molecule has 5 nitrogen and oxygen atoms in total. The topological polar surface area (TPSA) is 51.1 Å². The van der Waals surface area contributed by atoms with E-state index in [0.29, 0.717) is 6.04 Å². The maximum absolute atomic E-state index is 6.28. The van der Waals surface area contributed by atoms with Gasteiger partial charge in [-0.3, -0.25) is 9.88 Å². The van der Waals surface area contributed by atoms with Gasteiger partial charge in [-0.1, -0.05) is 0 Å². The van der Waals surface area contributed by atoms with Crippen LogP contribution in [0.1, 0.15) is 48.4 Å². The number of nitrogens with zero attached hydrogens (tertiary/aromatic N) is 4. The SMILES string of the molecule is Cc1cc(O[C@@H]2C[C@H](C)N([C@@H](C)c3ccc4sc(C)nc4n3)C2)cc(C)n1. The third-order valence-corrected chi connectivity index (χ3v) is 6.17. The molecule has 0 radical (unpaired) electrons. The summed E-state index contributed by atoms with van der Waals surface area (Å²) >= 11 is 1.70. The van der Waals surface area contributed by atoms with Crippen LogP contribution in [0.15, 0.2) is 24.3 Å². The summed E-state index contributed by atoms with van der Waals surface area (Å²) in [7, 11) is 0. The van der Waals surface area contributed by atoms with E-state index in [0.717, 1.165) is 51.2 Å². The number of aryl methyl sites for hydroxylation is 3. The number of fused-ring (bicyclic) bond motifs is 1. The normalized spacial score (nSPS) is 21.7. The van der Waals surface area contributed by atoms with Crippen LogP contribution in [0.4, 0.5) is 0 Å². The number of ether oxygens (including phenoxy) is 1. The first kappa shape index (κ1) is 18.3. The Morgan fingerprint density at radius 2 is 1.85 bits per heavy atom. The molecule has 27 heavy (non-hydrogen) atoms. The zero-order valence-corrected chi connectivity index (χ0v) is 17.4. The Kier molecular flexibility index (Phi) is 4.86. The van der Waals surface area contributed by atoms with E-state index >= 15 is 0 Å². The molecule has 0 aliphatic carbocycles. The fourth-order valence-electron chi connectivity index (χ4n) is 4.03. The van der Waals surface area contributed by atoms with Crippen LogP contribution < -0.4 is 4.74 Å². The van der Waals surface area contributed by atoms with Gasteiger partial charge in [-0.25, -0.2) is 9.97 Å². The first-order valence-electron chi connectivity index (χ1n) is 9.51. The van der Waals surface area contributed by atoms with E-state index in [-0.39, 0.29) is 12.1 Å². The molecular weight excluding hydrogens is 356 g/mol. The van der Waals surface area contributed by atoms with Gasteiger partial charge in [0.2, 0.25) is 0 Å². The molecule has 0 bridgehead atoms. The van der Waals surface area contributed by atoms with Crippen LogP contribution in [0.3, 0.4) is 0 Å². The minimum absolute atomic E-state index is 0.189. The van der Waals surface area contributed by atoms with Gasteiger partial charge in [0.05, 0.1) is 15.4 Å². The number of hydrogen-bond donors (Lipinski definition) is 0. The number of pyridine rings is 2. The molecule has 0 aromatic carbocycles. The van der Waals surface area contributed by atoms with Crippen molar-refractivity contribution >= 4 is 21.7 Å². The zero-order chi connectivity index (χ0) is 19.1. The fourth-order valence-corrected chi connectivity index (χ4v) is 4.80. The highest BCUT2D eigenvalue weighted by atomic mass is 32.1. The summed E-state index contributed by atoms with van der Waals surface area (Å²) in [6.07, 6.45) is 1.21. The molecule has 0 saturated carbocycles. The molecule has 3 aromatic rings. The summed E-state index contributed by atoms with van der Waals surface area (Å²) in [6, 6.07) is 9.01. The smallest absolute Gasteiger partial charge is 0.170 e. The summed E-state index contributed by atoms with van der Waals surface area (Å²) < 4.78 is 7.44. The van der Waals surface area contributed by atoms with Gasteiger partial charge in [0, 0.05) is 48.6 Å². The zero-order valence-electron chi connectivity index (χ0n) is 16.6. The lowest BCUT2D eigenvalue weighted by molar-refractivity contribution is 0.168. The Labute approximate surface area is 164 Å². The van der Waals surface area contributed by atoms with Gasteiger partial charge < -0.3 is 4.74 Å². The lowest BCUT2D eigenvalue weighted by Gasteiger charge is -2.27. The van der Waals surface area contributed by atoms with Crippen LogP contribution in [-0.2, 0) is 0 Å². The van der Waals surface area contributed by atoms with Crippen LogP contribution in [-0.4, -0.2) is 38.5 Å². The second kappa shape index (κ2) is 7.17. The highest BCUT2D eigenvalue weighted by molar-refractivity contribution is 7.18. The van der Waals surface area contributed by atoms with Crippen LogP contribution in [0.5, 0.6) is 5.75 Å². The lowest BCUT2D eigenvalue weighted by Crippen LogP contribution is -2.31. The van der Waals surface area contributed by atoms with Gasteiger partial charge >= 0.3 is 0 Å². The van der Waals surface area contributed by atoms with Gasteiger partial charge in [0.1, 0.15) is 11.9 Å². The molecule has 142 valence electrons. The molecule has 6 heteroatoms. The molecule has 3 aromatic heterocycles. The number of thiazole rings is 1. The van der Waals surface area contributed by atoms with Crippen molar-refractivity contribution in [3.05, 3.63) is 46.4 Å². The van der Waals surface area contributed by atoms with Crippen LogP contribution >= 0.6 is 11.3 Å². The summed E-state index contributed by atoms with van der Waals surface area (Å²) in [4.78, 5) is 16.3. The summed E-state index contributed by atoms with van der Waals surface area (Å²) in [5.41, 5.74) is 3.94. The van der Waals surface area contributed by atoms with Crippen molar-refractivity contribution in [2.24, 2.45) is 0 Å². The second-order valence-corrected chi connectivity index (χ2v) is 8.81. The van der Waals surface area contributed by atoms with Crippen molar-refractivity contribution in [1.29, 1.82) is 0 Å². The molecule has 0 amide bonds. The van der Waals surface area contributed by atoms with Crippen molar-refractivity contribution in [3.63, 3.8) is 0 Å². The number of hydrogen-bond acceptors (Lipinski definition) is 6. The molecule has 0 N–H and O–H groups in total. The Balaban J connectivity index is 1.49. The highest BCUT2D eigenvalue weighted by Crippen LogP contribution is 2.32. The molecule has 1 aliphatic heterocycles. The summed E-state index contributed by atoms with van der Waals surface area (Å²) in [6.45, 7) is 11.4. The van der Waals surface area contributed by atoms with E-state index in [4.69, 9.17) is 9.72 Å². The summed E-state index contributed by atoms with van der Waals surface area (Å²) in [5, 5.41) is 1.06. The monoisotopic (exact) mass is 382 g/mol. The molecule has 1 fully saturated rings. The standard InChI is InChI=1S/C21H26N4OS/c1-12-8-17(9-13(2)22-12)26-18-10-14(3)25(11-18)15(4)19-6-7-20-21(24-19)23-16(5)27-20/h6-9,14-15,18H,10-11H2,1-5H3/t14-,15-,18+/m0/s1. The van der Waals surface area contributed by atoms with E-state index in [9.17, 15) is 0 Å². The number of aromatic nitrogens is 3. The predicted octanol–water partition coefficient (Wildman–Crippen LogP) is 4.61. The van der Waals surface area contributed by atoms with Crippen molar-refractivity contribution in [2.75, 3.05) is 6.54 Å². The quantitative estimate of drug-likeness (QED) is 0.659. The van der Waals surface area contributed by atoms with Crippen LogP contribution in [0.25, 0.3) is 10.3 Å². The van der Waals surface area contributed by atoms with E-state index < -0.39 is 0 Å². The van der Waals surface area contributed by atoms with Gasteiger partial charge in [0.25, 0.3) is 0 Å². The Morgan fingerprint density at radius 1 is 1.11 bits per heavy atom. The van der Waals surface area contributed by atoms with Gasteiger partial charge in [-0.05, 0) is 46.8 Å². The third kappa shape index (κ3) is 3.82. The minimum atomic E-state index is 0.189. The van der Waals surface area contributed by atoms with Crippen molar-refractivity contribution < 1.29 is 4.74 Å². The maximum atomic E-state index is 6.28. The Morgan fingerprint density at radius 3 is 2.59 bits per heavy atom.